The smallest absolute Gasteiger partial charge is 0.330 e. The zero-order valence-corrected chi connectivity index (χ0v) is 12.3. The third-order valence-corrected chi connectivity index (χ3v) is 3.28. The summed E-state index contributed by atoms with van der Waals surface area (Å²) in [5.74, 6) is -0.527. The number of rotatable bonds is 4. The number of piperidine rings is 1. The standard InChI is InChI=1S/C13H25N3O3/c1-13(2,3)12(18)19-16-7-5-10(6-8-16)15(4)9-11(14)17/h10H,5-9H2,1-4H3,(H2,14,17). The van der Waals surface area contributed by atoms with E-state index >= 15 is 0 Å². The Bertz CT molecular complexity index is 331. The van der Waals surface area contributed by atoms with Crippen molar-refractivity contribution in [3.8, 4) is 0 Å². The molecule has 1 heterocycles. The Morgan fingerprint density at radius 2 is 1.84 bits per heavy atom. The van der Waals surface area contributed by atoms with Gasteiger partial charge in [0.1, 0.15) is 0 Å². The number of carbonyl (C=O) groups excluding carboxylic acids is 2. The molecule has 1 aliphatic heterocycles. The van der Waals surface area contributed by atoms with Gasteiger partial charge in [-0.05, 0) is 40.7 Å². The highest BCUT2D eigenvalue weighted by Gasteiger charge is 2.29. The summed E-state index contributed by atoms with van der Waals surface area (Å²) in [6.07, 6.45) is 1.72. The number of hydrogen-bond donors (Lipinski definition) is 1. The second-order valence-electron chi connectivity index (χ2n) is 6.17. The molecule has 6 heteroatoms. The molecule has 2 N–H and O–H groups in total. The fourth-order valence-electron chi connectivity index (χ4n) is 2.00. The van der Waals surface area contributed by atoms with Crippen molar-refractivity contribution in [2.45, 2.75) is 39.7 Å². The second-order valence-corrected chi connectivity index (χ2v) is 6.17. The highest BCUT2D eigenvalue weighted by Crippen LogP contribution is 2.20. The van der Waals surface area contributed by atoms with Crippen molar-refractivity contribution in [3.63, 3.8) is 0 Å². The van der Waals surface area contributed by atoms with Gasteiger partial charge in [0.25, 0.3) is 0 Å². The van der Waals surface area contributed by atoms with Crippen molar-refractivity contribution in [3.05, 3.63) is 0 Å². The number of amides is 1. The summed E-state index contributed by atoms with van der Waals surface area (Å²) >= 11 is 0. The minimum Gasteiger partial charge on any atom is -0.369 e. The van der Waals surface area contributed by atoms with Gasteiger partial charge in [0, 0.05) is 19.1 Å². The van der Waals surface area contributed by atoms with E-state index in [1.54, 1.807) is 5.06 Å². The zero-order valence-electron chi connectivity index (χ0n) is 12.3. The Kier molecular flexibility index (Phi) is 5.31. The van der Waals surface area contributed by atoms with Crippen LogP contribution in [0.25, 0.3) is 0 Å². The van der Waals surface area contributed by atoms with E-state index in [0.29, 0.717) is 19.1 Å². The molecule has 0 atom stereocenters. The van der Waals surface area contributed by atoms with Crippen LogP contribution >= 0.6 is 0 Å². The van der Waals surface area contributed by atoms with E-state index in [9.17, 15) is 9.59 Å². The molecule has 1 rings (SSSR count). The monoisotopic (exact) mass is 271 g/mol. The summed E-state index contributed by atoms with van der Waals surface area (Å²) in [6, 6.07) is 0.317. The molecular formula is C13H25N3O3. The predicted octanol–water partition coefficient (Wildman–Crippen LogP) is 0.372. The molecule has 1 saturated heterocycles. The van der Waals surface area contributed by atoms with Gasteiger partial charge in [-0.2, -0.15) is 0 Å². The topological polar surface area (TPSA) is 75.9 Å². The number of hydrogen-bond acceptors (Lipinski definition) is 5. The summed E-state index contributed by atoms with van der Waals surface area (Å²) in [4.78, 5) is 29.9. The summed E-state index contributed by atoms with van der Waals surface area (Å²) < 4.78 is 0. The Morgan fingerprint density at radius 1 is 1.32 bits per heavy atom. The first-order valence-corrected chi connectivity index (χ1v) is 6.66. The number of primary amides is 1. The molecule has 0 spiro atoms. The molecule has 0 aromatic rings. The van der Waals surface area contributed by atoms with E-state index < -0.39 is 5.41 Å². The summed E-state index contributed by atoms with van der Waals surface area (Å²) in [5, 5.41) is 1.71. The average Bonchev–Trinajstić information content (AvgIpc) is 2.27. The molecule has 0 aromatic carbocycles. The van der Waals surface area contributed by atoms with Crippen LogP contribution in [0, 0.1) is 5.41 Å². The largest absolute Gasteiger partial charge is 0.369 e. The van der Waals surface area contributed by atoms with Gasteiger partial charge in [0.2, 0.25) is 5.91 Å². The molecule has 19 heavy (non-hydrogen) atoms. The quantitative estimate of drug-likeness (QED) is 0.799. The normalized spacial score (nSPS) is 18.6. The highest BCUT2D eigenvalue weighted by molar-refractivity contribution is 5.76. The maximum atomic E-state index is 11.8. The van der Waals surface area contributed by atoms with Gasteiger partial charge >= 0.3 is 5.97 Å². The molecule has 0 aliphatic carbocycles. The third kappa shape index (κ3) is 5.16. The van der Waals surface area contributed by atoms with Crippen LogP contribution in [0.5, 0.6) is 0 Å². The highest BCUT2D eigenvalue weighted by atomic mass is 16.7. The van der Waals surface area contributed by atoms with E-state index in [1.807, 2.05) is 32.7 Å². The second kappa shape index (κ2) is 6.34. The van der Waals surface area contributed by atoms with E-state index in [-0.39, 0.29) is 18.4 Å². The van der Waals surface area contributed by atoms with Gasteiger partial charge in [0.15, 0.2) is 0 Å². The molecular weight excluding hydrogens is 246 g/mol. The molecule has 0 saturated carbocycles. The fourth-order valence-corrected chi connectivity index (χ4v) is 2.00. The van der Waals surface area contributed by atoms with E-state index in [0.717, 1.165) is 12.8 Å². The van der Waals surface area contributed by atoms with Crippen LogP contribution in [-0.2, 0) is 14.4 Å². The van der Waals surface area contributed by atoms with Crippen LogP contribution in [0.15, 0.2) is 0 Å². The maximum Gasteiger partial charge on any atom is 0.330 e. The van der Waals surface area contributed by atoms with Crippen LogP contribution in [0.2, 0.25) is 0 Å². The first-order valence-electron chi connectivity index (χ1n) is 6.66. The number of nitrogens with zero attached hydrogens (tertiary/aromatic N) is 2. The lowest BCUT2D eigenvalue weighted by Gasteiger charge is -2.35. The maximum absolute atomic E-state index is 11.8. The molecule has 1 fully saturated rings. The van der Waals surface area contributed by atoms with Gasteiger partial charge in [-0.1, -0.05) is 0 Å². The van der Waals surface area contributed by atoms with E-state index in [4.69, 9.17) is 10.6 Å². The molecule has 0 aromatic heterocycles. The molecule has 6 nitrogen and oxygen atoms in total. The molecule has 0 radical (unpaired) electrons. The van der Waals surface area contributed by atoms with Gasteiger partial charge in [-0.25, -0.2) is 4.79 Å². The Morgan fingerprint density at radius 3 is 2.26 bits per heavy atom. The first kappa shape index (κ1) is 15.9. The predicted molar refractivity (Wildman–Crippen MR) is 72.0 cm³/mol. The summed E-state index contributed by atoms with van der Waals surface area (Å²) in [6.45, 7) is 7.16. The number of carbonyl (C=O) groups is 2. The van der Waals surface area contributed by atoms with Gasteiger partial charge < -0.3 is 10.6 Å². The molecule has 1 amide bonds. The minimum absolute atomic E-state index is 0.212. The van der Waals surface area contributed by atoms with Crippen molar-refractivity contribution in [2.24, 2.45) is 11.1 Å². The van der Waals surface area contributed by atoms with Gasteiger partial charge in [0.05, 0.1) is 12.0 Å². The van der Waals surface area contributed by atoms with E-state index in [2.05, 4.69) is 0 Å². The zero-order chi connectivity index (χ0) is 14.6. The Labute approximate surface area is 114 Å². The number of hydroxylamine groups is 2. The third-order valence-electron chi connectivity index (χ3n) is 3.28. The van der Waals surface area contributed by atoms with Gasteiger partial charge in [-0.15, -0.1) is 5.06 Å². The van der Waals surface area contributed by atoms with Crippen LogP contribution in [0.4, 0.5) is 0 Å². The lowest BCUT2D eigenvalue weighted by molar-refractivity contribution is -0.206. The van der Waals surface area contributed by atoms with Crippen molar-refractivity contribution in [1.29, 1.82) is 0 Å². The lowest BCUT2D eigenvalue weighted by Crippen LogP contribution is -2.47. The van der Waals surface area contributed by atoms with Crippen LogP contribution < -0.4 is 5.73 Å². The van der Waals surface area contributed by atoms with Crippen LogP contribution in [0.3, 0.4) is 0 Å². The fraction of sp³-hybridized carbons (Fsp3) is 0.846. The summed E-state index contributed by atoms with van der Waals surface area (Å²) in [7, 11) is 1.90. The minimum atomic E-state index is -0.486. The number of nitrogens with two attached hydrogens (primary N) is 1. The van der Waals surface area contributed by atoms with Crippen molar-refractivity contribution < 1.29 is 14.4 Å². The van der Waals surface area contributed by atoms with E-state index in [1.165, 1.54) is 0 Å². The molecule has 110 valence electrons. The Balaban J connectivity index is 2.37. The molecule has 1 aliphatic rings. The van der Waals surface area contributed by atoms with Crippen molar-refractivity contribution >= 4 is 11.9 Å². The van der Waals surface area contributed by atoms with Crippen LogP contribution in [0.1, 0.15) is 33.6 Å². The first-order chi connectivity index (χ1) is 8.70. The Hall–Kier alpha value is -1.14. The van der Waals surface area contributed by atoms with Crippen molar-refractivity contribution in [1.82, 2.24) is 9.96 Å². The molecule has 0 bridgehead atoms. The lowest BCUT2D eigenvalue weighted by atomic mass is 9.98. The van der Waals surface area contributed by atoms with Crippen molar-refractivity contribution in [2.75, 3.05) is 26.7 Å². The average molecular weight is 271 g/mol. The number of likely N-dealkylation sites (N-methyl/N-ethyl adjacent to an activating group) is 1. The molecule has 0 unspecified atom stereocenters. The summed E-state index contributed by atoms with van der Waals surface area (Å²) in [5.41, 5.74) is 4.69. The van der Waals surface area contributed by atoms with Gasteiger partial charge in [-0.3, -0.25) is 9.69 Å². The SMILES string of the molecule is CN(CC(N)=O)C1CCN(OC(=O)C(C)(C)C)CC1. The van der Waals surface area contributed by atoms with Crippen LogP contribution in [-0.4, -0.2) is 54.6 Å².